The van der Waals surface area contributed by atoms with E-state index in [0.717, 1.165) is 31.5 Å². The molecular weight excluding hydrogens is 256 g/mol. The van der Waals surface area contributed by atoms with Gasteiger partial charge in [-0.1, -0.05) is 22.4 Å². The molecule has 0 atom stereocenters. The standard InChI is InChI=1S/C11H21BrN2O/c1-11(15)14-9-7-13(8-10-14)6-4-2-3-5-12/h2-10H2,1H3. The van der Waals surface area contributed by atoms with Crippen molar-refractivity contribution < 1.29 is 4.79 Å². The van der Waals surface area contributed by atoms with Gasteiger partial charge in [0.25, 0.3) is 0 Å². The van der Waals surface area contributed by atoms with Gasteiger partial charge in [-0.15, -0.1) is 0 Å². The fraction of sp³-hybridized carbons (Fsp3) is 0.909. The fourth-order valence-corrected chi connectivity index (χ4v) is 2.29. The minimum absolute atomic E-state index is 0.217. The van der Waals surface area contributed by atoms with Crippen molar-refractivity contribution in [3.63, 3.8) is 0 Å². The SMILES string of the molecule is CC(=O)N1CCN(CCCCCBr)CC1. The normalized spacial score (nSPS) is 18.1. The number of hydrogen-bond acceptors (Lipinski definition) is 2. The van der Waals surface area contributed by atoms with Gasteiger partial charge in [0, 0.05) is 38.4 Å². The predicted octanol–water partition coefficient (Wildman–Crippen LogP) is 1.72. The largest absolute Gasteiger partial charge is 0.340 e. The molecule has 0 aromatic carbocycles. The molecule has 1 aliphatic heterocycles. The molecule has 1 heterocycles. The van der Waals surface area contributed by atoms with Crippen LogP contribution in [0.2, 0.25) is 0 Å². The van der Waals surface area contributed by atoms with Crippen LogP contribution in [0.3, 0.4) is 0 Å². The van der Waals surface area contributed by atoms with Crippen LogP contribution in [0.4, 0.5) is 0 Å². The van der Waals surface area contributed by atoms with Gasteiger partial charge in [-0.05, 0) is 19.4 Å². The molecule has 0 unspecified atom stereocenters. The first kappa shape index (κ1) is 13.0. The van der Waals surface area contributed by atoms with E-state index in [9.17, 15) is 4.79 Å². The number of rotatable bonds is 5. The quantitative estimate of drug-likeness (QED) is 0.564. The number of hydrogen-bond donors (Lipinski definition) is 0. The van der Waals surface area contributed by atoms with Crippen LogP contribution in [-0.2, 0) is 4.79 Å². The van der Waals surface area contributed by atoms with Crippen molar-refractivity contribution in [1.82, 2.24) is 9.80 Å². The van der Waals surface area contributed by atoms with Crippen LogP contribution in [0.1, 0.15) is 26.2 Å². The molecule has 1 aliphatic rings. The highest BCUT2D eigenvalue weighted by Crippen LogP contribution is 2.05. The smallest absolute Gasteiger partial charge is 0.219 e. The number of piperazine rings is 1. The zero-order valence-electron chi connectivity index (χ0n) is 9.54. The van der Waals surface area contributed by atoms with Crippen LogP contribution < -0.4 is 0 Å². The zero-order chi connectivity index (χ0) is 11.1. The number of carbonyl (C=O) groups excluding carboxylic acids is 1. The summed E-state index contributed by atoms with van der Waals surface area (Å²) < 4.78 is 0. The summed E-state index contributed by atoms with van der Waals surface area (Å²) in [6.07, 6.45) is 3.86. The summed E-state index contributed by atoms with van der Waals surface area (Å²) in [6, 6.07) is 0. The molecule has 0 spiro atoms. The van der Waals surface area contributed by atoms with Crippen molar-refractivity contribution in [2.45, 2.75) is 26.2 Å². The Morgan fingerprint density at radius 1 is 1.13 bits per heavy atom. The van der Waals surface area contributed by atoms with E-state index < -0.39 is 0 Å². The summed E-state index contributed by atoms with van der Waals surface area (Å²) in [7, 11) is 0. The summed E-state index contributed by atoms with van der Waals surface area (Å²) in [4.78, 5) is 15.5. The molecule has 0 radical (unpaired) electrons. The van der Waals surface area contributed by atoms with E-state index in [0.29, 0.717) is 0 Å². The van der Waals surface area contributed by atoms with Crippen LogP contribution in [0.5, 0.6) is 0 Å². The lowest BCUT2D eigenvalue weighted by Crippen LogP contribution is -2.48. The molecule has 0 bridgehead atoms. The second kappa shape index (κ2) is 7.23. The molecule has 1 fully saturated rings. The maximum Gasteiger partial charge on any atom is 0.219 e. The molecule has 4 heteroatoms. The summed E-state index contributed by atoms with van der Waals surface area (Å²) in [5, 5.41) is 1.12. The lowest BCUT2D eigenvalue weighted by atomic mass is 10.2. The summed E-state index contributed by atoms with van der Waals surface area (Å²) >= 11 is 3.44. The summed E-state index contributed by atoms with van der Waals surface area (Å²) in [6.45, 7) is 6.77. The van der Waals surface area contributed by atoms with E-state index >= 15 is 0 Å². The Labute approximate surface area is 101 Å². The molecule has 3 nitrogen and oxygen atoms in total. The van der Waals surface area contributed by atoms with Gasteiger partial charge in [0.15, 0.2) is 0 Å². The Hall–Kier alpha value is -0.0900. The van der Waals surface area contributed by atoms with Gasteiger partial charge in [-0.25, -0.2) is 0 Å². The number of carbonyl (C=O) groups is 1. The number of unbranched alkanes of at least 4 members (excludes halogenated alkanes) is 2. The van der Waals surface area contributed by atoms with Crippen molar-refractivity contribution in [1.29, 1.82) is 0 Å². The fourth-order valence-electron chi connectivity index (χ4n) is 1.89. The topological polar surface area (TPSA) is 23.6 Å². The lowest BCUT2D eigenvalue weighted by molar-refractivity contribution is -0.130. The van der Waals surface area contributed by atoms with Crippen LogP contribution in [0.25, 0.3) is 0 Å². The van der Waals surface area contributed by atoms with Crippen molar-refractivity contribution in [2.75, 3.05) is 38.1 Å². The minimum Gasteiger partial charge on any atom is -0.340 e. The van der Waals surface area contributed by atoms with E-state index in [1.165, 1.54) is 25.8 Å². The van der Waals surface area contributed by atoms with Crippen molar-refractivity contribution >= 4 is 21.8 Å². The van der Waals surface area contributed by atoms with Gasteiger partial charge in [0.05, 0.1) is 0 Å². The van der Waals surface area contributed by atoms with E-state index in [-0.39, 0.29) is 5.91 Å². The number of nitrogens with zero attached hydrogens (tertiary/aromatic N) is 2. The lowest BCUT2D eigenvalue weighted by Gasteiger charge is -2.34. The third-order valence-corrected chi connectivity index (χ3v) is 3.49. The first-order valence-electron chi connectivity index (χ1n) is 5.78. The van der Waals surface area contributed by atoms with Gasteiger partial charge in [0.1, 0.15) is 0 Å². The Kier molecular flexibility index (Phi) is 6.25. The average Bonchev–Trinajstić information content (AvgIpc) is 2.25. The molecule has 1 rings (SSSR count). The zero-order valence-corrected chi connectivity index (χ0v) is 11.1. The highest BCUT2D eigenvalue weighted by atomic mass is 79.9. The van der Waals surface area contributed by atoms with Gasteiger partial charge < -0.3 is 4.90 Å². The molecule has 0 saturated carbocycles. The third-order valence-electron chi connectivity index (χ3n) is 2.93. The Morgan fingerprint density at radius 3 is 2.33 bits per heavy atom. The molecule has 15 heavy (non-hydrogen) atoms. The summed E-state index contributed by atoms with van der Waals surface area (Å²) in [5.74, 6) is 0.217. The van der Waals surface area contributed by atoms with Crippen LogP contribution in [0, 0.1) is 0 Å². The van der Waals surface area contributed by atoms with Crippen molar-refractivity contribution in [3.05, 3.63) is 0 Å². The van der Waals surface area contributed by atoms with Gasteiger partial charge >= 0.3 is 0 Å². The van der Waals surface area contributed by atoms with Crippen LogP contribution in [-0.4, -0.2) is 53.8 Å². The van der Waals surface area contributed by atoms with Gasteiger partial charge in [0.2, 0.25) is 5.91 Å². The van der Waals surface area contributed by atoms with Crippen molar-refractivity contribution in [2.24, 2.45) is 0 Å². The van der Waals surface area contributed by atoms with Gasteiger partial charge in [-0.3, -0.25) is 9.69 Å². The number of alkyl halides is 1. The Balaban J connectivity index is 2.07. The van der Waals surface area contributed by atoms with E-state index in [1.807, 2.05) is 4.90 Å². The molecule has 88 valence electrons. The highest BCUT2D eigenvalue weighted by Gasteiger charge is 2.17. The Bertz CT molecular complexity index is 191. The first-order chi connectivity index (χ1) is 7.24. The molecule has 1 saturated heterocycles. The maximum atomic E-state index is 11.1. The first-order valence-corrected chi connectivity index (χ1v) is 6.90. The summed E-state index contributed by atoms with van der Waals surface area (Å²) in [5.41, 5.74) is 0. The number of halogens is 1. The van der Waals surface area contributed by atoms with Crippen LogP contribution >= 0.6 is 15.9 Å². The molecule has 0 aliphatic carbocycles. The highest BCUT2D eigenvalue weighted by molar-refractivity contribution is 9.09. The van der Waals surface area contributed by atoms with Crippen molar-refractivity contribution in [3.8, 4) is 0 Å². The van der Waals surface area contributed by atoms with E-state index in [4.69, 9.17) is 0 Å². The second-order valence-corrected chi connectivity index (χ2v) is 4.89. The third kappa shape index (κ3) is 4.98. The molecule has 1 amide bonds. The Morgan fingerprint density at radius 2 is 1.80 bits per heavy atom. The molecule has 0 N–H and O–H groups in total. The monoisotopic (exact) mass is 276 g/mol. The molecule has 0 aromatic heterocycles. The van der Waals surface area contributed by atoms with Crippen LogP contribution in [0.15, 0.2) is 0 Å². The predicted molar refractivity (Wildman–Crippen MR) is 66.3 cm³/mol. The van der Waals surface area contributed by atoms with E-state index in [1.54, 1.807) is 6.92 Å². The molecule has 0 aromatic rings. The van der Waals surface area contributed by atoms with E-state index in [2.05, 4.69) is 20.8 Å². The molecular formula is C11H21BrN2O. The minimum atomic E-state index is 0.217. The maximum absolute atomic E-state index is 11.1. The second-order valence-electron chi connectivity index (χ2n) is 4.10. The number of amides is 1. The van der Waals surface area contributed by atoms with Gasteiger partial charge in [-0.2, -0.15) is 0 Å². The average molecular weight is 277 g/mol.